The fourth-order valence-electron chi connectivity index (χ4n) is 3.68. The van der Waals surface area contributed by atoms with E-state index >= 15 is 0 Å². The van der Waals surface area contributed by atoms with Gasteiger partial charge in [-0.3, -0.25) is 4.79 Å². The molecule has 1 aliphatic heterocycles. The largest absolute Gasteiger partial charge is 0.497 e. The summed E-state index contributed by atoms with van der Waals surface area (Å²) in [6, 6.07) is 15.9. The zero-order valence-corrected chi connectivity index (χ0v) is 17.5. The molecule has 3 heterocycles. The van der Waals surface area contributed by atoms with E-state index in [9.17, 15) is 4.79 Å². The van der Waals surface area contributed by atoms with Crippen molar-refractivity contribution in [1.29, 1.82) is 0 Å². The lowest BCUT2D eigenvalue weighted by Gasteiger charge is -2.22. The number of para-hydroxylation sites is 1. The van der Waals surface area contributed by atoms with Gasteiger partial charge in [0.25, 0.3) is 5.91 Å². The normalized spacial score (nSPS) is 16.4. The third kappa shape index (κ3) is 3.41. The zero-order valence-electron chi connectivity index (χ0n) is 15.9. The summed E-state index contributed by atoms with van der Waals surface area (Å²) in [4.78, 5) is 24.6. The fourth-order valence-corrected chi connectivity index (χ4v) is 5.60. The average Bonchev–Trinajstić information content (AvgIpc) is 3.52. The molecule has 4 aromatic rings. The van der Waals surface area contributed by atoms with Gasteiger partial charge in [-0.1, -0.05) is 12.1 Å². The second-order valence-electron chi connectivity index (χ2n) is 6.94. The van der Waals surface area contributed by atoms with Gasteiger partial charge in [0, 0.05) is 17.5 Å². The molecule has 1 aliphatic rings. The molecule has 5 nitrogen and oxygen atoms in total. The molecule has 29 heavy (non-hydrogen) atoms. The molecule has 1 saturated heterocycles. The Balaban J connectivity index is 1.40. The van der Waals surface area contributed by atoms with Crippen LogP contribution in [0.4, 0.5) is 0 Å². The highest BCUT2D eigenvalue weighted by Gasteiger charge is 2.33. The Morgan fingerprint density at radius 1 is 1.14 bits per heavy atom. The molecular formula is C22H19N3O2S2. The van der Waals surface area contributed by atoms with Crippen molar-refractivity contribution < 1.29 is 9.53 Å². The Morgan fingerprint density at radius 2 is 1.97 bits per heavy atom. The number of likely N-dealkylation sites (tertiary alicyclic amines) is 1. The van der Waals surface area contributed by atoms with Gasteiger partial charge in [-0.25, -0.2) is 9.97 Å². The summed E-state index contributed by atoms with van der Waals surface area (Å²) in [5, 5.41) is 3.71. The molecule has 0 N–H and O–H groups in total. The van der Waals surface area contributed by atoms with Gasteiger partial charge in [-0.15, -0.1) is 22.7 Å². The Hall–Kier alpha value is -2.77. The number of amides is 1. The lowest BCUT2D eigenvalue weighted by molar-refractivity contribution is 0.0730. The summed E-state index contributed by atoms with van der Waals surface area (Å²) in [6.45, 7) is 0.745. The van der Waals surface area contributed by atoms with E-state index in [-0.39, 0.29) is 11.9 Å². The molecule has 2 aromatic carbocycles. The first-order valence-electron chi connectivity index (χ1n) is 9.49. The van der Waals surface area contributed by atoms with E-state index in [1.54, 1.807) is 18.4 Å². The van der Waals surface area contributed by atoms with Crippen molar-refractivity contribution in [2.24, 2.45) is 0 Å². The molecule has 7 heteroatoms. The van der Waals surface area contributed by atoms with Crippen LogP contribution in [-0.2, 0) is 0 Å². The lowest BCUT2D eigenvalue weighted by Crippen LogP contribution is -2.30. The van der Waals surface area contributed by atoms with E-state index in [0.29, 0.717) is 5.69 Å². The van der Waals surface area contributed by atoms with Gasteiger partial charge in [-0.05, 0) is 49.2 Å². The molecule has 2 aromatic heterocycles. The molecule has 0 aliphatic carbocycles. The molecule has 0 bridgehead atoms. The van der Waals surface area contributed by atoms with Gasteiger partial charge >= 0.3 is 0 Å². The minimum Gasteiger partial charge on any atom is -0.497 e. The molecular weight excluding hydrogens is 402 g/mol. The van der Waals surface area contributed by atoms with Crippen LogP contribution in [0, 0.1) is 0 Å². The van der Waals surface area contributed by atoms with E-state index in [0.717, 1.165) is 50.9 Å². The van der Waals surface area contributed by atoms with Crippen LogP contribution in [0.15, 0.2) is 53.9 Å². The third-order valence-electron chi connectivity index (χ3n) is 5.17. The Labute approximate surface area is 176 Å². The highest BCUT2D eigenvalue weighted by Crippen LogP contribution is 2.37. The van der Waals surface area contributed by atoms with E-state index in [1.165, 1.54) is 11.3 Å². The molecule has 5 rings (SSSR count). The summed E-state index contributed by atoms with van der Waals surface area (Å²) < 4.78 is 6.37. The minimum absolute atomic E-state index is 0.0113. The number of rotatable bonds is 4. The van der Waals surface area contributed by atoms with Crippen LogP contribution in [-0.4, -0.2) is 34.4 Å². The van der Waals surface area contributed by atoms with Crippen molar-refractivity contribution in [3.8, 4) is 16.3 Å². The van der Waals surface area contributed by atoms with Crippen LogP contribution >= 0.6 is 22.7 Å². The van der Waals surface area contributed by atoms with Crippen molar-refractivity contribution in [2.75, 3.05) is 13.7 Å². The summed E-state index contributed by atoms with van der Waals surface area (Å²) in [7, 11) is 1.65. The summed E-state index contributed by atoms with van der Waals surface area (Å²) in [6.07, 6.45) is 1.93. The van der Waals surface area contributed by atoms with Crippen molar-refractivity contribution in [3.05, 3.63) is 64.6 Å². The standard InChI is InChI=1S/C22H19N3O2S2/c1-27-15-10-8-14(9-11-15)20-24-17(13-28-20)22(26)25-12-4-6-18(25)21-23-16-5-2-3-7-19(16)29-21/h2-3,5,7-11,13,18H,4,6,12H2,1H3/t18-/m0/s1. The van der Waals surface area contributed by atoms with Gasteiger partial charge in [0.1, 0.15) is 21.5 Å². The summed E-state index contributed by atoms with van der Waals surface area (Å²) >= 11 is 3.17. The summed E-state index contributed by atoms with van der Waals surface area (Å²) in [5.41, 5.74) is 2.50. The number of fused-ring (bicyclic) bond motifs is 1. The maximum absolute atomic E-state index is 13.2. The molecule has 0 unspecified atom stereocenters. The number of benzene rings is 2. The number of nitrogens with zero attached hydrogens (tertiary/aromatic N) is 3. The Morgan fingerprint density at radius 3 is 2.76 bits per heavy atom. The first-order chi connectivity index (χ1) is 14.2. The molecule has 0 saturated carbocycles. The van der Waals surface area contributed by atoms with Crippen LogP contribution in [0.25, 0.3) is 20.8 Å². The number of hydrogen-bond donors (Lipinski definition) is 0. The fraction of sp³-hybridized carbons (Fsp3) is 0.227. The number of carbonyl (C=O) groups excluding carboxylic acids is 1. The molecule has 1 atom stereocenters. The predicted octanol–water partition coefficient (Wildman–Crippen LogP) is 5.41. The van der Waals surface area contributed by atoms with Gasteiger partial charge in [0.2, 0.25) is 0 Å². The maximum atomic E-state index is 13.2. The summed E-state index contributed by atoms with van der Waals surface area (Å²) in [5.74, 6) is 0.792. The highest BCUT2D eigenvalue weighted by atomic mass is 32.1. The Bertz CT molecular complexity index is 1130. The topological polar surface area (TPSA) is 55.3 Å². The minimum atomic E-state index is -0.0113. The van der Waals surface area contributed by atoms with Crippen molar-refractivity contribution >= 4 is 38.8 Å². The lowest BCUT2D eigenvalue weighted by atomic mass is 10.2. The second-order valence-corrected chi connectivity index (χ2v) is 8.86. The van der Waals surface area contributed by atoms with E-state index in [2.05, 4.69) is 11.1 Å². The third-order valence-corrected chi connectivity index (χ3v) is 7.20. The Kier molecular flexibility index (Phi) is 4.77. The first-order valence-corrected chi connectivity index (χ1v) is 11.2. The van der Waals surface area contributed by atoms with Crippen molar-refractivity contribution in [3.63, 3.8) is 0 Å². The molecule has 1 amide bonds. The number of ether oxygens (including phenoxy) is 1. The molecule has 0 radical (unpaired) electrons. The smallest absolute Gasteiger partial charge is 0.273 e. The predicted molar refractivity (Wildman–Crippen MR) is 117 cm³/mol. The van der Waals surface area contributed by atoms with E-state index < -0.39 is 0 Å². The van der Waals surface area contributed by atoms with Gasteiger partial charge in [0.05, 0.1) is 23.4 Å². The van der Waals surface area contributed by atoms with Gasteiger partial charge < -0.3 is 9.64 Å². The van der Waals surface area contributed by atoms with E-state index in [1.807, 2.05) is 52.7 Å². The second kappa shape index (κ2) is 7.57. The monoisotopic (exact) mass is 421 g/mol. The van der Waals surface area contributed by atoms with Crippen LogP contribution in [0.1, 0.15) is 34.4 Å². The van der Waals surface area contributed by atoms with Gasteiger partial charge in [0.15, 0.2) is 0 Å². The quantitative estimate of drug-likeness (QED) is 0.442. The number of carbonyl (C=O) groups is 1. The maximum Gasteiger partial charge on any atom is 0.273 e. The molecule has 0 spiro atoms. The molecule has 1 fully saturated rings. The number of thiazole rings is 2. The number of hydrogen-bond acceptors (Lipinski definition) is 6. The van der Waals surface area contributed by atoms with Crippen molar-refractivity contribution in [2.45, 2.75) is 18.9 Å². The van der Waals surface area contributed by atoms with Crippen LogP contribution in [0.3, 0.4) is 0 Å². The van der Waals surface area contributed by atoms with Crippen LogP contribution in [0.2, 0.25) is 0 Å². The zero-order chi connectivity index (χ0) is 19.8. The SMILES string of the molecule is COc1ccc(-c2nc(C(=O)N3CCC[C@H]3c3nc4ccccc4s3)cs2)cc1. The average molecular weight is 422 g/mol. The van der Waals surface area contributed by atoms with E-state index in [4.69, 9.17) is 9.72 Å². The van der Waals surface area contributed by atoms with Gasteiger partial charge in [-0.2, -0.15) is 0 Å². The van der Waals surface area contributed by atoms with Crippen LogP contribution in [0.5, 0.6) is 5.75 Å². The first kappa shape index (κ1) is 18.3. The highest BCUT2D eigenvalue weighted by molar-refractivity contribution is 7.18. The van der Waals surface area contributed by atoms with Crippen molar-refractivity contribution in [1.82, 2.24) is 14.9 Å². The molecule has 146 valence electrons. The van der Waals surface area contributed by atoms with Crippen LogP contribution < -0.4 is 4.74 Å². The number of methoxy groups -OCH3 is 1. The number of aromatic nitrogens is 2.